The molecule has 2 heterocycles. The van der Waals surface area contributed by atoms with Crippen LogP contribution in [0, 0.1) is 0 Å². The average molecular weight is 368 g/mol. The summed E-state index contributed by atoms with van der Waals surface area (Å²) < 4.78 is 0.976. The van der Waals surface area contributed by atoms with Gasteiger partial charge in [0, 0.05) is 35.8 Å². The lowest BCUT2D eigenvalue weighted by Crippen LogP contribution is -2.50. The van der Waals surface area contributed by atoms with Gasteiger partial charge < -0.3 is 14.9 Å². The highest BCUT2D eigenvalue weighted by Crippen LogP contribution is 2.29. The molecule has 120 valence electrons. The number of hydrogen-bond donors (Lipinski definition) is 1. The number of hydrogen-bond acceptors (Lipinski definition) is 3. The Bertz CT molecular complexity index is 509. The number of aromatic nitrogens is 1. The molecule has 1 aliphatic heterocycles. The predicted octanol–water partition coefficient (Wildman–Crippen LogP) is 3.74. The van der Waals surface area contributed by atoms with Crippen LogP contribution >= 0.6 is 15.9 Å². The molecule has 1 saturated carbocycles. The number of carbonyl (C=O) groups is 1. The number of halogens is 1. The van der Waals surface area contributed by atoms with Crippen molar-refractivity contribution < 1.29 is 9.90 Å². The third kappa shape index (κ3) is 3.37. The van der Waals surface area contributed by atoms with E-state index in [2.05, 4.69) is 25.8 Å². The molecule has 2 fully saturated rings. The molecule has 0 bridgehead atoms. The normalized spacial score (nSPS) is 20.3. The van der Waals surface area contributed by atoms with Crippen LogP contribution in [-0.2, 0) is 0 Å². The van der Waals surface area contributed by atoms with Crippen molar-refractivity contribution in [3.05, 3.63) is 22.8 Å². The summed E-state index contributed by atoms with van der Waals surface area (Å²) in [7, 11) is 0. The van der Waals surface area contributed by atoms with Gasteiger partial charge in [-0.1, -0.05) is 12.8 Å². The van der Waals surface area contributed by atoms with E-state index in [0.29, 0.717) is 0 Å². The molecule has 2 aliphatic rings. The standard InChI is InChI=1S/C16H22BrN3O2/c17-12-5-6-15(18-11-12)19-9-7-14(8-10-19)20(16(21)22)13-3-1-2-4-13/h5-6,11,13-14H,1-4,7-10H2,(H,21,22). The Kier molecular flexibility index (Phi) is 4.86. The van der Waals surface area contributed by atoms with Crippen molar-refractivity contribution in [1.82, 2.24) is 9.88 Å². The van der Waals surface area contributed by atoms with Gasteiger partial charge >= 0.3 is 6.09 Å². The van der Waals surface area contributed by atoms with E-state index in [-0.39, 0.29) is 12.1 Å². The lowest BCUT2D eigenvalue weighted by Gasteiger charge is -2.40. The van der Waals surface area contributed by atoms with Crippen molar-refractivity contribution in [2.45, 2.75) is 50.6 Å². The molecule has 1 N–H and O–H groups in total. The monoisotopic (exact) mass is 367 g/mol. The molecular weight excluding hydrogens is 346 g/mol. The van der Waals surface area contributed by atoms with Crippen molar-refractivity contribution in [3.8, 4) is 0 Å². The first kappa shape index (κ1) is 15.6. The molecule has 1 amide bonds. The average Bonchev–Trinajstić information content (AvgIpc) is 3.03. The molecular formula is C16H22BrN3O2. The van der Waals surface area contributed by atoms with E-state index in [1.165, 1.54) is 0 Å². The van der Waals surface area contributed by atoms with Crippen LogP contribution in [0.4, 0.5) is 10.6 Å². The minimum Gasteiger partial charge on any atom is -0.465 e. The van der Waals surface area contributed by atoms with E-state index in [1.54, 1.807) is 4.90 Å². The summed E-state index contributed by atoms with van der Waals surface area (Å²) >= 11 is 3.40. The first-order valence-electron chi connectivity index (χ1n) is 8.03. The number of nitrogens with zero attached hydrogens (tertiary/aromatic N) is 3. The molecule has 5 nitrogen and oxygen atoms in total. The fourth-order valence-electron chi connectivity index (χ4n) is 3.72. The molecule has 0 spiro atoms. The highest BCUT2D eigenvalue weighted by atomic mass is 79.9. The zero-order chi connectivity index (χ0) is 15.5. The first-order valence-corrected chi connectivity index (χ1v) is 8.82. The number of carboxylic acid groups (broad SMARTS) is 1. The summed E-state index contributed by atoms with van der Waals surface area (Å²) in [6, 6.07) is 4.40. The molecule has 3 rings (SSSR count). The van der Waals surface area contributed by atoms with Gasteiger partial charge in [-0.05, 0) is 53.7 Å². The van der Waals surface area contributed by atoms with Gasteiger partial charge in [0.2, 0.25) is 0 Å². The summed E-state index contributed by atoms with van der Waals surface area (Å²) in [5.74, 6) is 0.976. The van der Waals surface area contributed by atoms with Gasteiger partial charge in [0.25, 0.3) is 0 Å². The Morgan fingerprint density at radius 3 is 2.36 bits per heavy atom. The number of pyridine rings is 1. The minimum atomic E-state index is -0.743. The smallest absolute Gasteiger partial charge is 0.407 e. The molecule has 1 aliphatic carbocycles. The zero-order valence-electron chi connectivity index (χ0n) is 12.6. The largest absolute Gasteiger partial charge is 0.465 e. The topological polar surface area (TPSA) is 56.7 Å². The Hall–Kier alpha value is -1.30. The van der Waals surface area contributed by atoms with Crippen LogP contribution in [0.3, 0.4) is 0 Å². The number of piperidine rings is 1. The third-order valence-electron chi connectivity index (χ3n) is 4.83. The Morgan fingerprint density at radius 1 is 1.18 bits per heavy atom. The van der Waals surface area contributed by atoms with Crippen molar-refractivity contribution in [1.29, 1.82) is 0 Å². The van der Waals surface area contributed by atoms with Crippen LogP contribution < -0.4 is 4.90 Å². The predicted molar refractivity (Wildman–Crippen MR) is 89.3 cm³/mol. The van der Waals surface area contributed by atoms with E-state index < -0.39 is 6.09 Å². The molecule has 0 unspecified atom stereocenters. The highest BCUT2D eigenvalue weighted by Gasteiger charge is 2.34. The van der Waals surface area contributed by atoms with Crippen LogP contribution in [0.2, 0.25) is 0 Å². The molecule has 6 heteroatoms. The van der Waals surface area contributed by atoms with Gasteiger partial charge in [0.15, 0.2) is 0 Å². The number of amides is 1. The molecule has 0 aromatic carbocycles. The molecule has 0 atom stereocenters. The van der Waals surface area contributed by atoms with Gasteiger partial charge in [-0.15, -0.1) is 0 Å². The van der Waals surface area contributed by atoms with Crippen molar-refractivity contribution in [2.24, 2.45) is 0 Å². The zero-order valence-corrected chi connectivity index (χ0v) is 14.2. The summed E-state index contributed by atoms with van der Waals surface area (Å²) in [6.45, 7) is 1.74. The third-order valence-corrected chi connectivity index (χ3v) is 5.30. The molecule has 22 heavy (non-hydrogen) atoms. The summed E-state index contributed by atoms with van der Waals surface area (Å²) in [5, 5.41) is 9.59. The Morgan fingerprint density at radius 2 is 1.82 bits per heavy atom. The lowest BCUT2D eigenvalue weighted by molar-refractivity contribution is 0.0899. The van der Waals surface area contributed by atoms with Gasteiger partial charge in [-0.25, -0.2) is 9.78 Å². The lowest BCUT2D eigenvalue weighted by atomic mass is 10.0. The van der Waals surface area contributed by atoms with Crippen molar-refractivity contribution in [3.63, 3.8) is 0 Å². The van der Waals surface area contributed by atoms with E-state index in [1.807, 2.05) is 18.3 Å². The summed E-state index contributed by atoms with van der Waals surface area (Å²) in [6.07, 6.45) is 7.23. The quantitative estimate of drug-likeness (QED) is 0.883. The summed E-state index contributed by atoms with van der Waals surface area (Å²) in [5.41, 5.74) is 0. The Labute approximate surface area is 139 Å². The van der Waals surface area contributed by atoms with E-state index in [4.69, 9.17) is 0 Å². The molecule has 1 saturated heterocycles. The highest BCUT2D eigenvalue weighted by molar-refractivity contribution is 9.10. The maximum Gasteiger partial charge on any atom is 0.407 e. The molecule has 1 aromatic rings. The van der Waals surface area contributed by atoms with Gasteiger partial charge in [0.05, 0.1) is 0 Å². The van der Waals surface area contributed by atoms with Crippen LogP contribution in [0.25, 0.3) is 0 Å². The van der Waals surface area contributed by atoms with Gasteiger partial charge in [-0.2, -0.15) is 0 Å². The van der Waals surface area contributed by atoms with Crippen LogP contribution in [-0.4, -0.2) is 46.3 Å². The Balaban J connectivity index is 1.62. The van der Waals surface area contributed by atoms with Crippen LogP contribution in [0.1, 0.15) is 38.5 Å². The van der Waals surface area contributed by atoms with Crippen LogP contribution in [0.15, 0.2) is 22.8 Å². The number of rotatable bonds is 3. The molecule has 1 aromatic heterocycles. The van der Waals surface area contributed by atoms with Crippen LogP contribution in [0.5, 0.6) is 0 Å². The summed E-state index contributed by atoms with van der Waals surface area (Å²) in [4.78, 5) is 20.1. The first-order chi connectivity index (χ1) is 10.6. The van der Waals surface area contributed by atoms with Gasteiger partial charge in [-0.3, -0.25) is 0 Å². The fourth-order valence-corrected chi connectivity index (χ4v) is 3.96. The minimum absolute atomic E-state index is 0.160. The van der Waals surface area contributed by atoms with Crippen molar-refractivity contribution in [2.75, 3.05) is 18.0 Å². The van der Waals surface area contributed by atoms with E-state index in [0.717, 1.165) is 61.9 Å². The second kappa shape index (κ2) is 6.86. The second-order valence-corrected chi connectivity index (χ2v) is 7.10. The maximum atomic E-state index is 11.7. The van der Waals surface area contributed by atoms with Gasteiger partial charge in [0.1, 0.15) is 5.82 Å². The SMILES string of the molecule is O=C(O)N(C1CCCC1)C1CCN(c2ccc(Br)cn2)CC1. The molecule has 0 radical (unpaired) electrons. The number of anilines is 1. The fraction of sp³-hybridized carbons (Fsp3) is 0.625. The maximum absolute atomic E-state index is 11.7. The van der Waals surface area contributed by atoms with Crippen molar-refractivity contribution >= 4 is 27.8 Å². The van der Waals surface area contributed by atoms with E-state index >= 15 is 0 Å². The van der Waals surface area contributed by atoms with E-state index in [9.17, 15) is 9.90 Å². The second-order valence-electron chi connectivity index (χ2n) is 6.18.